The van der Waals surface area contributed by atoms with Crippen LogP contribution >= 0.6 is 0 Å². The second kappa shape index (κ2) is 4.78. The average molecular weight is 298 g/mol. The molecule has 108 valence electrons. The molecule has 20 heavy (non-hydrogen) atoms. The van der Waals surface area contributed by atoms with Crippen LogP contribution < -0.4 is 10.6 Å². The summed E-state index contributed by atoms with van der Waals surface area (Å²) in [6, 6.07) is 5.88. The molecular weight excluding hydrogens is 283 g/mol. The number of para-hydroxylation sites is 1. The van der Waals surface area contributed by atoms with E-state index >= 15 is 0 Å². The highest BCUT2D eigenvalue weighted by Crippen LogP contribution is 2.31. The number of halogens is 1. The number of hydrogen-bond acceptors (Lipinski definition) is 5. The number of aromatic nitrogens is 2. The van der Waals surface area contributed by atoms with E-state index in [0.29, 0.717) is 0 Å². The lowest BCUT2D eigenvalue weighted by Gasteiger charge is -2.09. The van der Waals surface area contributed by atoms with Gasteiger partial charge in [0.2, 0.25) is 0 Å². The molecule has 2 N–H and O–H groups in total. The van der Waals surface area contributed by atoms with E-state index in [4.69, 9.17) is 5.73 Å². The zero-order valence-corrected chi connectivity index (χ0v) is 12.1. The predicted octanol–water partition coefficient (Wildman–Crippen LogP) is 1.06. The van der Waals surface area contributed by atoms with Crippen LogP contribution in [0.3, 0.4) is 0 Å². The summed E-state index contributed by atoms with van der Waals surface area (Å²) in [6.45, 7) is 0. The van der Waals surface area contributed by atoms with Gasteiger partial charge in [-0.2, -0.15) is 0 Å². The third-order valence-electron chi connectivity index (χ3n) is 2.73. The maximum Gasteiger partial charge on any atom is 0.182 e. The molecule has 0 bridgehead atoms. The molecule has 1 aromatic carbocycles. The number of nitrogens with zero attached hydrogens (tertiary/aromatic N) is 3. The Morgan fingerprint density at radius 3 is 2.35 bits per heavy atom. The van der Waals surface area contributed by atoms with Gasteiger partial charge in [0.25, 0.3) is 0 Å². The van der Waals surface area contributed by atoms with Crippen LogP contribution in [0.1, 0.15) is 0 Å². The Bertz CT molecular complexity index is 753. The number of nitrogen functional groups attached to an aromatic ring is 1. The van der Waals surface area contributed by atoms with Crippen molar-refractivity contribution in [1.29, 1.82) is 0 Å². The number of hydrogen-bond donors (Lipinski definition) is 1. The Balaban J connectivity index is 2.79. The molecule has 1 aromatic heterocycles. The van der Waals surface area contributed by atoms with Crippen molar-refractivity contribution in [2.45, 2.75) is 4.90 Å². The summed E-state index contributed by atoms with van der Waals surface area (Å²) >= 11 is 0. The second-order valence-corrected chi connectivity index (χ2v) is 6.52. The van der Waals surface area contributed by atoms with Gasteiger partial charge in [0.1, 0.15) is 17.3 Å². The predicted molar refractivity (Wildman–Crippen MR) is 75.4 cm³/mol. The van der Waals surface area contributed by atoms with Gasteiger partial charge in [0.15, 0.2) is 20.6 Å². The van der Waals surface area contributed by atoms with Crippen molar-refractivity contribution in [3.05, 3.63) is 30.1 Å². The first kappa shape index (κ1) is 14.3. The van der Waals surface area contributed by atoms with Crippen LogP contribution in [0, 0.1) is 5.82 Å². The van der Waals surface area contributed by atoms with Crippen LogP contribution in [-0.4, -0.2) is 38.5 Å². The molecule has 0 aliphatic carbocycles. The number of benzene rings is 1. The van der Waals surface area contributed by atoms with Gasteiger partial charge in [-0.1, -0.05) is 12.1 Å². The molecule has 1 heterocycles. The highest BCUT2D eigenvalue weighted by molar-refractivity contribution is 7.91. The van der Waals surface area contributed by atoms with Crippen LogP contribution in [0.5, 0.6) is 0 Å². The molecule has 8 heteroatoms. The van der Waals surface area contributed by atoms with Gasteiger partial charge < -0.3 is 10.6 Å². The van der Waals surface area contributed by atoms with E-state index in [1.807, 2.05) is 0 Å². The molecular formula is C12H15FN4O2S. The normalized spacial score (nSPS) is 11.6. The SMILES string of the molecule is CN(C)c1nn(-c2ccccc2F)c(N)c1S(C)(=O)=O. The summed E-state index contributed by atoms with van der Waals surface area (Å²) in [5.41, 5.74) is 5.96. The molecule has 2 rings (SSSR count). The van der Waals surface area contributed by atoms with Gasteiger partial charge in [-0.05, 0) is 12.1 Å². The molecule has 0 aliphatic rings. The minimum absolute atomic E-state index is 0.100. The van der Waals surface area contributed by atoms with Gasteiger partial charge in [0, 0.05) is 20.4 Å². The van der Waals surface area contributed by atoms with Crippen LogP contribution in [0.4, 0.5) is 16.0 Å². The molecule has 0 spiro atoms. The molecule has 0 saturated carbocycles. The third kappa shape index (κ3) is 2.34. The van der Waals surface area contributed by atoms with Crippen molar-refractivity contribution in [3.63, 3.8) is 0 Å². The molecule has 0 atom stereocenters. The largest absolute Gasteiger partial charge is 0.382 e. The fourth-order valence-electron chi connectivity index (χ4n) is 1.86. The topological polar surface area (TPSA) is 81.2 Å². The quantitative estimate of drug-likeness (QED) is 0.916. The zero-order chi connectivity index (χ0) is 15.1. The minimum atomic E-state index is -3.58. The molecule has 6 nitrogen and oxygen atoms in total. The maximum atomic E-state index is 13.8. The first-order valence-corrected chi connectivity index (χ1v) is 7.63. The van der Waals surface area contributed by atoms with Crippen LogP contribution in [0.2, 0.25) is 0 Å². The average Bonchev–Trinajstić information content (AvgIpc) is 2.67. The van der Waals surface area contributed by atoms with E-state index in [0.717, 1.165) is 10.9 Å². The Labute approximate surface area is 116 Å². The zero-order valence-electron chi connectivity index (χ0n) is 11.3. The first-order chi connectivity index (χ1) is 9.23. The molecule has 0 amide bonds. The molecule has 2 aromatic rings. The van der Waals surface area contributed by atoms with E-state index in [-0.39, 0.29) is 22.2 Å². The van der Waals surface area contributed by atoms with Gasteiger partial charge in [-0.15, -0.1) is 5.10 Å². The lowest BCUT2D eigenvalue weighted by Crippen LogP contribution is -2.13. The Hall–Kier alpha value is -2.09. The fraction of sp³-hybridized carbons (Fsp3) is 0.250. The molecule has 0 radical (unpaired) electrons. The number of nitrogens with two attached hydrogens (primary N) is 1. The Morgan fingerprint density at radius 2 is 1.90 bits per heavy atom. The van der Waals surface area contributed by atoms with Gasteiger partial charge >= 0.3 is 0 Å². The smallest absolute Gasteiger partial charge is 0.182 e. The van der Waals surface area contributed by atoms with Crippen molar-refractivity contribution in [2.24, 2.45) is 0 Å². The highest BCUT2D eigenvalue weighted by atomic mass is 32.2. The van der Waals surface area contributed by atoms with Crippen LogP contribution in [-0.2, 0) is 9.84 Å². The lowest BCUT2D eigenvalue weighted by atomic mass is 10.3. The molecule has 0 unspecified atom stereocenters. The summed E-state index contributed by atoms with van der Waals surface area (Å²) < 4.78 is 38.6. The maximum absolute atomic E-state index is 13.8. The van der Waals surface area contributed by atoms with Crippen molar-refractivity contribution < 1.29 is 12.8 Å². The fourth-order valence-corrected chi connectivity index (χ4v) is 2.88. The van der Waals surface area contributed by atoms with Crippen LogP contribution in [0.15, 0.2) is 29.2 Å². The van der Waals surface area contributed by atoms with Crippen molar-refractivity contribution in [3.8, 4) is 5.69 Å². The molecule has 0 fully saturated rings. The number of sulfone groups is 1. The molecule has 0 aliphatic heterocycles. The number of anilines is 2. The van der Waals surface area contributed by atoms with Crippen molar-refractivity contribution >= 4 is 21.5 Å². The monoisotopic (exact) mass is 298 g/mol. The van der Waals surface area contributed by atoms with Crippen LogP contribution in [0.25, 0.3) is 5.69 Å². The number of rotatable bonds is 3. The summed E-state index contributed by atoms with van der Waals surface area (Å²) in [7, 11) is -0.300. The third-order valence-corrected chi connectivity index (χ3v) is 3.87. The summed E-state index contributed by atoms with van der Waals surface area (Å²) in [4.78, 5) is 1.41. The Morgan fingerprint density at radius 1 is 1.30 bits per heavy atom. The second-order valence-electron chi connectivity index (χ2n) is 4.57. The minimum Gasteiger partial charge on any atom is -0.382 e. The van der Waals surface area contributed by atoms with E-state index in [2.05, 4.69) is 5.10 Å². The summed E-state index contributed by atoms with van der Waals surface area (Å²) in [6.07, 6.45) is 1.04. The van der Waals surface area contributed by atoms with Gasteiger partial charge in [-0.25, -0.2) is 17.5 Å². The summed E-state index contributed by atoms with van der Waals surface area (Å²) in [5.74, 6) is -0.471. The lowest BCUT2D eigenvalue weighted by molar-refractivity contribution is 0.601. The van der Waals surface area contributed by atoms with Crippen molar-refractivity contribution in [1.82, 2.24) is 9.78 Å². The first-order valence-electron chi connectivity index (χ1n) is 5.74. The molecule has 0 saturated heterocycles. The Kier molecular flexibility index (Phi) is 3.43. The van der Waals surface area contributed by atoms with Gasteiger partial charge in [0.05, 0.1) is 0 Å². The van der Waals surface area contributed by atoms with Crippen molar-refractivity contribution in [2.75, 3.05) is 31.0 Å². The highest BCUT2D eigenvalue weighted by Gasteiger charge is 2.26. The van der Waals surface area contributed by atoms with Gasteiger partial charge in [-0.3, -0.25) is 0 Å². The van der Waals surface area contributed by atoms with E-state index in [1.165, 1.54) is 23.1 Å². The van der Waals surface area contributed by atoms with E-state index in [9.17, 15) is 12.8 Å². The van der Waals surface area contributed by atoms with E-state index in [1.54, 1.807) is 20.2 Å². The summed E-state index contributed by atoms with van der Waals surface area (Å²) in [5, 5.41) is 4.11. The standard InChI is InChI=1S/C12H15FN4O2S/c1-16(2)12-10(20(3,18)19)11(14)17(15-12)9-7-5-4-6-8(9)13/h4-7H,14H2,1-3H3. The van der Waals surface area contributed by atoms with E-state index < -0.39 is 15.7 Å².